The third kappa shape index (κ3) is 2.56. The summed E-state index contributed by atoms with van der Waals surface area (Å²) in [5.41, 5.74) is 4.15. The highest BCUT2D eigenvalue weighted by molar-refractivity contribution is 9.10. The molecule has 3 nitrogen and oxygen atoms in total. The molecule has 2 aromatic carbocycles. The van der Waals surface area contributed by atoms with Crippen LogP contribution in [0.4, 0.5) is 11.4 Å². The van der Waals surface area contributed by atoms with Crippen molar-refractivity contribution in [3.05, 3.63) is 58.1 Å². The SMILES string of the molecule is Cc1ccc(Br)cc1NC(=O)[C@@H]1Cc2ccccc2N1. The van der Waals surface area contributed by atoms with Crippen molar-refractivity contribution in [3.8, 4) is 0 Å². The summed E-state index contributed by atoms with van der Waals surface area (Å²) in [5.74, 6) is 0.00222. The molecule has 102 valence electrons. The van der Waals surface area contributed by atoms with Crippen LogP contribution in [0.25, 0.3) is 0 Å². The molecule has 0 unspecified atom stereocenters. The molecule has 1 amide bonds. The third-order valence-corrected chi connectivity index (χ3v) is 4.04. The van der Waals surface area contributed by atoms with Gasteiger partial charge in [0.15, 0.2) is 0 Å². The standard InChI is InChI=1S/C16H15BrN2O/c1-10-6-7-12(17)9-14(10)19-16(20)15-8-11-4-2-3-5-13(11)18-15/h2-7,9,15,18H,8H2,1H3,(H,19,20)/t15-/m0/s1. The molecule has 0 aliphatic carbocycles. The highest BCUT2D eigenvalue weighted by atomic mass is 79.9. The second kappa shape index (κ2) is 5.29. The fourth-order valence-electron chi connectivity index (χ4n) is 2.40. The lowest BCUT2D eigenvalue weighted by Gasteiger charge is -2.14. The van der Waals surface area contributed by atoms with E-state index in [0.717, 1.165) is 27.8 Å². The summed E-state index contributed by atoms with van der Waals surface area (Å²) in [6.07, 6.45) is 0.731. The van der Waals surface area contributed by atoms with E-state index in [9.17, 15) is 4.79 Å². The summed E-state index contributed by atoms with van der Waals surface area (Å²) in [4.78, 5) is 12.4. The van der Waals surface area contributed by atoms with Gasteiger partial charge in [-0.05, 0) is 36.2 Å². The first kappa shape index (κ1) is 13.2. The van der Waals surface area contributed by atoms with Crippen LogP contribution in [0.3, 0.4) is 0 Å². The van der Waals surface area contributed by atoms with Gasteiger partial charge in [-0.25, -0.2) is 0 Å². The third-order valence-electron chi connectivity index (χ3n) is 3.55. The number of benzene rings is 2. The number of anilines is 2. The van der Waals surface area contributed by atoms with Gasteiger partial charge in [0, 0.05) is 22.3 Å². The van der Waals surface area contributed by atoms with Crippen LogP contribution in [0.15, 0.2) is 46.9 Å². The lowest BCUT2D eigenvalue weighted by Crippen LogP contribution is -2.33. The van der Waals surface area contributed by atoms with Crippen LogP contribution < -0.4 is 10.6 Å². The molecule has 0 spiro atoms. The Morgan fingerprint density at radius 1 is 1.30 bits per heavy atom. The number of halogens is 1. The molecule has 0 bridgehead atoms. The van der Waals surface area contributed by atoms with Crippen LogP contribution >= 0.6 is 15.9 Å². The van der Waals surface area contributed by atoms with E-state index in [-0.39, 0.29) is 11.9 Å². The first-order chi connectivity index (χ1) is 9.63. The Hall–Kier alpha value is -1.81. The van der Waals surface area contributed by atoms with Gasteiger partial charge in [-0.1, -0.05) is 40.2 Å². The molecule has 1 aliphatic heterocycles. The van der Waals surface area contributed by atoms with Crippen molar-refractivity contribution in [1.82, 2.24) is 0 Å². The number of amides is 1. The number of carbonyl (C=O) groups excluding carboxylic acids is 1. The van der Waals surface area contributed by atoms with Crippen molar-refractivity contribution in [1.29, 1.82) is 0 Å². The smallest absolute Gasteiger partial charge is 0.247 e. The average molecular weight is 331 g/mol. The van der Waals surface area contributed by atoms with E-state index in [1.807, 2.05) is 43.3 Å². The summed E-state index contributed by atoms with van der Waals surface area (Å²) >= 11 is 3.43. The number of carbonyl (C=O) groups is 1. The molecule has 1 heterocycles. The molecule has 1 atom stereocenters. The predicted molar refractivity (Wildman–Crippen MR) is 85.1 cm³/mol. The van der Waals surface area contributed by atoms with E-state index in [4.69, 9.17) is 0 Å². The van der Waals surface area contributed by atoms with Crippen molar-refractivity contribution >= 4 is 33.2 Å². The minimum Gasteiger partial charge on any atom is -0.373 e. The van der Waals surface area contributed by atoms with E-state index in [1.165, 1.54) is 5.56 Å². The molecule has 0 saturated heterocycles. The predicted octanol–water partition coefficient (Wildman–Crippen LogP) is 3.73. The van der Waals surface area contributed by atoms with Crippen LogP contribution in [0, 0.1) is 6.92 Å². The highest BCUT2D eigenvalue weighted by Crippen LogP contribution is 2.26. The Morgan fingerprint density at radius 2 is 2.10 bits per heavy atom. The highest BCUT2D eigenvalue weighted by Gasteiger charge is 2.26. The summed E-state index contributed by atoms with van der Waals surface area (Å²) < 4.78 is 0.959. The van der Waals surface area contributed by atoms with Crippen LogP contribution in [-0.2, 0) is 11.2 Å². The van der Waals surface area contributed by atoms with Gasteiger partial charge in [-0.15, -0.1) is 0 Å². The van der Waals surface area contributed by atoms with E-state index >= 15 is 0 Å². The van der Waals surface area contributed by atoms with Crippen LogP contribution in [0.1, 0.15) is 11.1 Å². The Bertz CT molecular complexity index is 644. The number of para-hydroxylation sites is 1. The minimum atomic E-state index is -0.203. The van der Waals surface area contributed by atoms with Gasteiger partial charge in [-0.2, -0.15) is 0 Å². The van der Waals surface area contributed by atoms with Crippen molar-refractivity contribution in [3.63, 3.8) is 0 Å². The molecular formula is C16H15BrN2O. The molecule has 1 aliphatic rings. The van der Waals surface area contributed by atoms with Gasteiger partial charge in [0.05, 0.1) is 0 Å². The van der Waals surface area contributed by atoms with Gasteiger partial charge >= 0.3 is 0 Å². The van der Waals surface area contributed by atoms with E-state index < -0.39 is 0 Å². The molecule has 0 radical (unpaired) electrons. The normalized spacial score (nSPS) is 16.4. The maximum atomic E-state index is 12.4. The lowest BCUT2D eigenvalue weighted by atomic mass is 10.1. The second-order valence-electron chi connectivity index (χ2n) is 5.01. The van der Waals surface area contributed by atoms with Crippen LogP contribution in [-0.4, -0.2) is 11.9 Å². The molecule has 0 aromatic heterocycles. The molecule has 2 N–H and O–H groups in total. The van der Waals surface area contributed by atoms with E-state index in [2.05, 4.69) is 32.6 Å². The van der Waals surface area contributed by atoms with Gasteiger partial charge in [0.2, 0.25) is 5.91 Å². The summed E-state index contributed by atoms with van der Waals surface area (Å²) in [5, 5.41) is 6.26. The lowest BCUT2D eigenvalue weighted by molar-refractivity contribution is -0.116. The Kier molecular flexibility index (Phi) is 3.49. The topological polar surface area (TPSA) is 41.1 Å². The van der Waals surface area contributed by atoms with Crippen molar-refractivity contribution in [2.24, 2.45) is 0 Å². The fraction of sp³-hybridized carbons (Fsp3) is 0.188. The fourth-order valence-corrected chi connectivity index (χ4v) is 2.77. The molecule has 20 heavy (non-hydrogen) atoms. The average Bonchev–Trinajstić information content (AvgIpc) is 2.87. The zero-order chi connectivity index (χ0) is 14.1. The molecule has 3 rings (SSSR count). The van der Waals surface area contributed by atoms with Gasteiger partial charge in [-0.3, -0.25) is 4.79 Å². The summed E-state index contributed by atoms with van der Waals surface area (Å²) in [7, 11) is 0. The van der Waals surface area contributed by atoms with E-state index in [1.54, 1.807) is 0 Å². The second-order valence-corrected chi connectivity index (χ2v) is 5.92. The Morgan fingerprint density at radius 3 is 2.90 bits per heavy atom. The largest absolute Gasteiger partial charge is 0.373 e. The van der Waals surface area contributed by atoms with Gasteiger partial charge in [0.25, 0.3) is 0 Å². The zero-order valence-corrected chi connectivity index (χ0v) is 12.7. The van der Waals surface area contributed by atoms with Gasteiger partial charge in [0.1, 0.15) is 6.04 Å². The first-order valence-electron chi connectivity index (χ1n) is 6.55. The van der Waals surface area contributed by atoms with Crippen LogP contribution in [0.5, 0.6) is 0 Å². The van der Waals surface area contributed by atoms with Crippen molar-refractivity contribution < 1.29 is 4.79 Å². The van der Waals surface area contributed by atoms with Crippen molar-refractivity contribution in [2.45, 2.75) is 19.4 Å². The number of nitrogens with one attached hydrogen (secondary N) is 2. The van der Waals surface area contributed by atoms with Crippen LogP contribution in [0.2, 0.25) is 0 Å². The molecule has 4 heteroatoms. The Labute approximate surface area is 126 Å². The van der Waals surface area contributed by atoms with E-state index in [0.29, 0.717) is 0 Å². The zero-order valence-electron chi connectivity index (χ0n) is 11.1. The number of aryl methyl sites for hydroxylation is 1. The molecular weight excluding hydrogens is 316 g/mol. The number of hydrogen-bond donors (Lipinski definition) is 2. The maximum Gasteiger partial charge on any atom is 0.247 e. The van der Waals surface area contributed by atoms with Gasteiger partial charge < -0.3 is 10.6 Å². The number of fused-ring (bicyclic) bond motifs is 1. The summed E-state index contributed by atoms with van der Waals surface area (Å²) in [6.45, 7) is 1.98. The molecule has 2 aromatic rings. The summed E-state index contributed by atoms with van der Waals surface area (Å²) in [6, 6.07) is 13.7. The number of rotatable bonds is 2. The van der Waals surface area contributed by atoms with Crippen molar-refractivity contribution in [2.75, 3.05) is 10.6 Å². The quantitative estimate of drug-likeness (QED) is 0.880. The molecule has 0 fully saturated rings. The Balaban J connectivity index is 1.74. The first-order valence-corrected chi connectivity index (χ1v) is 7.34. The molecule has 0 saturated carbocycles. The number of hydrogen-bond acceptors (Lipinski definition) is 2. The monoisotopic (exact) mass is 330 g/mol. The maximum absolute atomic E-state index is 12.4. The minimum absolute atomic E-state index is 0.00222.